The summed E-state index contributed by atoms with van der Waals surface area (Å²) in [5, 5.41) is 3.01. The molecule has 102 valence electrons. The van der Waals surface area contributed by atoms with Crippen LogP contribution < -0.4 is 10.2 Å². The zero-order valence-electron chi connectivity index (χ0n) is 10.7. The third kappa shape index (κ3) is 5.91. The number of alkyl halides is 3. The number of benzene rings is 1. The van der Waals surface area contributed by atoms with Crippen LogP contribution in [0.2, 0.25) is 0 Å². The molecule has 5 heteroatoms. The predicted molar refractivity (Wildman–Crippen MR) is 67.8 cm³/mol. The third-order valence-electron chi connectivity index (χ3n) is 2.60. The molecule has 0 heterocycles. The maximum atomic E-state index is 11.9. The molecule has 0 aliphatic rings. The van der Waals surface area contributed by atoms with Crippen molar-refractivity contribution in [2.24, 2.45) is 0 Å². The fourth-order valence-electron chi connectivity index (χ4n) is 1.56. The number of rotatable bonds is 6. The van der Waals surface area contributed by atoms with Crippen LogP contribution in [0, 0.1) is 0 Å². The Hall–Kier alpha value is -1.23. The van der Waals surface area contributed by atoms with Crippen molar-refractivity contribution in [2.45, 2.75) is 25.6 Å². The summed E-state index contributed by atoms with van der Waals surface area (Å²) >= 11 is 0. The molecule has 2 nitrogen and oxygen atoms in total. The van der Waals surface area contributed by atoms with Crippen LogP contribution in [0.25, 0.3) is 0 Å². The number of nitrogens with zero attached hydrogens (tertiary/aromatic N) is 1. The Morgan fingerprint density at radius 2 is 1.72 bits per heavy atom. The molecule has 1 aromatic rings. The molecule has 0 bridgehead atoms. The molecular formula is C13H19F3N2. The van der Waals surface area contributed by atoms with Gasteiger partial charge >= 0.3 is 6.18 Å². The highest BCUT2D eigenvalue weighted by atomic mass is 19.4. The van der Waals surface area contributed by atoms with Crippen molar-refractivity contribution in [2.75, 3.05) is 25.5 Å². The Labute approximate surface area is 106 Å². The van der Waals surface area contributed by atoms with E-state index in [4.69, 9.17) is 0 Å². The van der Waals surface area contributed by atoms with E-state index in [0.29, 0.717) is 13.1 Å². The van der Waals surface area contributed by atoms with Crippen LogP contribution >= 0.6 is 0 Å². The maximum Gasteiger partial charge on any atom is 0.389 e. The number of hydrogen-bond donors (Lipinski definition) is 1. The zero-order chi connectivity index (χ0) is 13.6. The molecule has 0 aliphatic carbocycles. The van der Waals surface area contributed by atoms with Gasteiger partial charge in [-0.1, -0.05) is 12.1 Å². The molecule has 0 aromatic heterocycles. The fraction of sp³-hybridized carbons (Fsp3) is 0.538. The molecule has 1 aromatic carbocycles. The molecule has 1 rings (SSSR count). The Balaban J connectivity index is 2.23. The van der Waals surface area contributed by atoms with Crippen molar-refractivity contribution in [1.29, 1.82) is 0 Å². The topological polar surface area (TPSA) is 15.3 Å². The molecule has 0 saturated carbocycles. The van der Waals surface area contributed by atoms with Gasteiger partial charge in [0, 0.05) is 32.7 Å². The Morgan fingerprint density at radius 3 is 2.22 bits per heavy atom. The zero-order valence-corrected chi connectivity index (χ0v) is 10.7. The maximum absolute atomic E-state index is 11.9. The standard InChI is InChI=1S/C13H19F3N2/c1-18(2)12-6-4-11(5-7-12)10-17-9-3-8-13(14,15)16/h4-7,17H,3,8-10H2,1-2H3. The second kappa shape index (κ2) is 6.64. The van der Waals surface area contributed by atoms with Gasteiger partial charge in [-0.05, 0) is 30.7 Å². The van der Waals surface area contributed by atoms with Crippen molar-refractivity contribution < 1.29 is 13.2 Å². The lowest BCUT2D eigenvalue weighted by atomic mass is 10.2. The van der Waals surface area contributed by atoms with Crippen LogP contribution in [-0.2, 0) is 6.54 Å². The second-order valence-corrected chi connectivity index (χ2v) is 4.46. The summed E-state index contributed by atoms with van der Waals surface area (Å²) in [5.74, 6) is 0. The van der Waals surface area contributed by atoms with Gasteiger partial charge in [-0.25, -0.2) is 0 Å². The summed E-state index contributed by atoms with van der Waals surface area (Å²) in [4.78, 5) is 2.00. The minimum Gasteiger partial charge on any atom is -0.378 e. The number of halogens is 3. The smallest absolute Gasteiger partial charge is 0.378 e. The number of hydrogen-bond acceptors (Lipinski definition) is 2. The van der Waals surface area contributed by atoms with Crippen molar-refractivity contribution in [1.82, 2.24) is 5.32 Å². The average molecular weight is 260 g/mol. The molecule has 0 atom stereocenters. The molecule has 0 unspecified atom stereocenters. The number of nitrogens with one attached hydrogen (secondary N) is 1. The summed E-state index contributed by atoms with van der Waals surface area (Å²) in [7, 11) is 3.93. The first-order valence-electron chi connectivity index (χ1n) is 5.92. The van der Waals surface area contributed by atoms with Crippen molar-refractivity contribution >= 4 is 5.69 Å². The highest BCUT2D eigenvalue weighted by Crippen LogP contribution is 2.20. The van der Waals surface area contributed by atoms with Crippen LogP contribution in [0.1, 0.15) is 18.4 Å². The fourth-order valence-corrected chi connectivity index (χ4v) is 1.56. The van der Waals surface area contributed by atoms with Gasteiger partial charge in [0.15, 0.2) is 0 Å². The SMILES string of the molecule is CN(C)c1ccc(CNCCCC(F)(F)F)cc1. The Kier molecular flexibility index (Phi) is 5.47. The van der Waals surface area contributed by atoms with Crippen molar-refractivity contribution in [3.8, 4) is 0 Å². The Bertz CT molecular complexity index is 344. The molecule has 0 saturated heterocycles. The highest BCUT2D eigenvalue weighted by Gasteiger charge is 2.25. The van der Waals surface area contributed by atoms with E-state index in [1.54, 1.807) is 0 Å². The van der Waals surface area contributed by atoms with E-state index in [-0.39, 0.29) is 6.42 Å². The third-order valence-corrected chi connectivity index (χ3v) is 2.60. The normalized spacial score (nSPS) is 11.6. The molecule has 0 spiro atoms. The summed E-state index contributed by atoms with van der Waals surface area (Å²) in [6, 6.07) is 7.94. The lowest BCUT2D eigenvalue weighted by Gasteiger charge is -2.13. The first kappa shape index (κ1) is 14.8. The minimum atomic E-state index is -4.05. The van der Waals surface area contributed by atoms with E-state index in [9.17, 15) is 13.2 Å². The van der Waals surface area contributed by atoms with E-state index < -0.39 is 12.6 Å². The van der Waals surface area contributed by atoms with Crippen LogP contribution in [0.4, 0.5) is 18.9 Å². The molecule has 0 fully saturated rings. The second-order valence-electron chi connectivity index (χ2n) is 4.46. The monoisotopic (exact) mass is 260 g/mol. The van der Waals surface area contributed by atoms with Gasteiger partial charge < -0.3 is 10.2 Å². The van der Waals surface area contributed by atoms with E-state index in [1.165, 1.54) is 0 Å². The molecule has 0 aliphatic heterocycles. The van der Waals surface area contributed by atoms with Crippen molar-refractivity contribution in [3.05, 3.63) is 29.8 Å². The van der Waals surface area contributed by atoms with Crippen LogP contribution in [0.15, 0.2) is 24.3 Å². The Morgan fingerprint density at radius 1 is 1.11 bits per heavy atom. The van der Waals surface area contributed by atoms with Gasteiger partial charge in [-0.15, -0.1) is 0 Å². The quantitative estimate of drug-likeness (QED) is 0.790. The first-order valence-corrected chi connectivity index (χ1v) is 5.92. The number of anilines is 1. The lowest BCUT2D eigenvalue weighted by Crippen LogP contribution is -2.17. The van der Waals surface area contributed by atoms with E-state index in [1.807, 2.05) is 43.3 Å². The summed E-state index contributed by atoms with van der Waals surface area (Å²) in [5.41, 5.74) is 2.18. The van der Waals surface area contributed by atoms with Crippen molar-refractivity contribution in [3.63, 3.8) is 0 Å². The van der Waals surface area contributed by atoms with E-state index in [0.717, 1.165) is 11.3 Å². The molecule has 0 radical (unpaired) electrons. The average Bonchev–Trinajstić information content (AvgIpc) is 2.27. The lowest BCUT2D eigenvalue weighted by molar-refractivity contribution is -0.135. The van der Waals surface area contributed by atoms with Crippen LogP contribution in [-0.4, -0.2) is 26.8 Å². The van der Waals surface area contributed by atoms with Crippen LogP contribution in [0.5, 0.6) is 0 Å². The van der Waals surface area contributed by atoms with E-state index in [2.05, 4.69) is 5.32 Å². The van der Waals surface area contributed by atoms with Gasteiger partial charge in [0.05, 0.1) is 0 Å². The van der Waals surface area contributed by atoms with Gasteiger partial charge in [-0.3, -0.25) is 0 Å². The van der Waals surface area contributed by atoms with Gasteiger partial charge in [0.1, 0.15) is 0 Å². The highest BCUT2D eigenvalue weighted by molar-refractivity contribution is 5.45. The largest absolute Gasteiger partial charge is 0.389 e. The summed E-state index contributed by atoms with van der Waals surface area (Å²) in [6.07, 6.45) is -4.64. The van der Waals surface area contributed by atoms with E-state index >= 15 is 0 Å². The first-order chi connectivity index (χ1) is 8.38. The summed E-state index contributed by atoms with van der Waals surface area (Å²) < 4.78 is 35.7. The molecule has 18 heavy (non-hydrogen) atoms. The van der Waals surface area contributed by atoms with Gasteiger partial charge in [0.25, 0.3) is 0 Å². The van der Waals surface area contributed by atoms with Gasteiger partial charge in [-0.2, -0.15) is 13.2 Å². The molecular weight excluding hydrogens is 241 g/mol. The van der Waals surface area contributed by atoms with Crippen LogP contribution in [0.3, 0.4) is 0 Å². The van der Waals surface area contributed by atoms with Gasteiger partial charge in [0.2, 0.25) is 0 Å². The molecule has 0 amide bonds. The predicted octanol–water partition coefficient (Wildman–Crippen LogP) is 3.18. The summed E-state index contributed by atoms with van der Waals surface area (Å²) in [6.45, 7) is 0.987. The minimum absolute atomic E-state index is 0.124. The molecule has 1 N–H and O–H groups in total.